The Hall–Kier alpha value is -3.78. The lowest BCUT2D eigenvalue weighted by molar-refractivity contribution is -0.139. The first kappa shape index (κ1) is 28.7. The van der Waals surface area contributed by atoms with Gasteiger partial charge in [-0.05, 0) is 70.6 Å². The van der Waals surface area contributed by atoms with Gasteiger partial charge in [0.25, 0.3) is 5.56 Å². The van der Waals surface area contributed by atoms with E-state index in [9.17, 15) is 14.9 Å². The minimum Gasteiger partial charge on any atom is -0.488 e. The van der Waals surface area contributed by atoms with Crippen LogP contribution in [0.3, 0.4) is 0 Å². The molecule has 1 atom stereocenters. The third kappa shape index (κ3) is 5.98. The Morgan fingerprint density at radius 1 is 1.20 bits per heavy atom. The van der Waals surface area contributed by atoms with Crippen molar-refractivity contribution in [1.29, 1.82) is 5.26 Å². The van der Waals surface area contributed by atoms with Gasteiger partial charge < -0.3 is 9.47 Å². The van der Waals surface area contributed by atoms with Crippen LogP contribution in [-0.2, 0) is 16.1 Å². The van der Waals surface area contributed by atoms with E-state index in [0.717, 1.165) is 26.9 Å². The van der Waals surface area contributed by atoms with E-state index in [-0.39, 0.29) is 18.8 Å². The predicted molar refractivity (Wildman–Crippen MR) is 164 cm³/mol. The van der Waals surface area contributed by atoms with Crippen molar-refractivity contribution in [3.8, 4) is 11.8 Å². The van der Waals surface area contributed by atoms with Gasteiger partial charge in [0, 0.05) is 10.4 Å². The molecule has 0 radical (unpaired) electrons. The summed E-state index contributed by atoms with van der Waals surface area (Å²) in [5.41, 5.74) is 3.06. The first-order valence-electron chi connectivity index (χ1n) is 13.1. The molecule has 3 heterocycles. The van der Waals surface area contributed by atoms with Gasteiger partial charge in [0.05, 0.1) is 38.5 Å². The van der Waals surface area contributed by atoms with E-state index in [0.29, 0.717) is 38.3 Å². The zero-order valence-electron chi connectivity index (χ0n) is 22.4. The Morgan fingerprint density at radius 3 is 2.73 bits per heavy atom. The van der Waals surface area contributed by atoms with Gasteiger partial charge in [-0.3, -0.25) is 9.36 Å². The number of allylic oxidation sites excluding steroid dienone is 1. The third-order valence-electron chi connectivity index (χ3n) is 6.48. The number of carbonyl (C=O) groups excluding carboxylic acids is 1. The lowest BCUT2D eigenvalue weighted by Gasteiger charge is -2.24. The van der Waals surface area contributed by atoms with E-state index in [1.165, 1.54) is 22.7 Å². The maximum Gasteiger partial charge on any atom is 0.338 e. The fourth-order valence-electron chi connectivity index (χ4n) is 4.62. The number of thiophene rings is 1. The summed E-state index contributed by atoms with van der Waals surface area (Å²) in [6, 6.07) is 18.3. The van der Waals surface area contributed by atoms with Gasteiger partial charge in [-0.1, -0.05) is 55.0 Å². The largest absolute Gasteiger partial charge is 0.488 e. The lowest BCUT2D eigenvalue weighted by atomic mass is 9.99. The molecule has 0 bridgehead atoms. The van der Waals surface area contributed by atoms with Crippen LogP contribution >= 0.6 is 38.6 Å². The number of aromatic nitrogens is 1. The number of esters is 1. The highest BCUT2D eigenvalue weighted by Crippen LogP contribution is 2.34. The first-order chi connectivity index (χ1) is 19.9. The standard InChI is InChI=1S/C31H26BrN3O4S2/c1-3-8-23-27(30(37)38-4-2)28(25-11-7-14-40-25)35-29(36)26(41-31(35)34-23)16-19-12-13-24(22(32)15-19)39-18-21-10-6-5-9-20(21)17-33/h5-7,9-16,28H,3-4,8,18H2,1-2H3/b26-16+/t28-/m1/s1. The number of halogens is 1. The van der Waals surface area contributed by atoms with Crippen LogP contribution in [-0.4, -0.2) is 17.1 Å². The maximum atomic E-state index is 13.8. The van der Waals surface area contributed by atoms with E-state index in [2.05, 4.69) is 22.0 Å². The molecule has 0 N–H and O–H groups in total. The van der Waals surface area contributed by atoms with Crippen LogP contribution in [0.4, 0.5) is 0 Å². The van der Waals surface area contributed by atoms with Crippen molar-refractivity contribution < 1.29 is 14.3 Å². The van der Waals surface area contributed by atoms with E-state index < -0.39 is 12.0 Å². The number of benzene rings is 2. The number of thiazole rings is 1. The average molecular weight is 649 g/mol. The smallest absolute Gasteiger partial charge is 0.338 e. The zero-order chi connectivity index (χ0) is 28.9. The summed E-state index contributed by atoms with van der Waals surface area (Å²) in [5.74, 6) is 0.182. The summed E-state index contributed by atoms with van der Waals surface area (Å²) >= 11 is 6.38. The predicted octanol–water partition coefficient (Wildman–Crippen LogP) is 5.85. The average Bonchev–Trinajstić information content (AvgIpc) is 3.61. The van der Waals surface area contributed by atoms with Crippen molar-refractivity contribution in [2.24, 2.45) is 4.99 Å². The van der Waals surface area contributed by atoms with Crippen LogP contribution < -0.4 is 19.6 Å². The first-order valence-corrected chi connectivity index (χ1v) is 15.6. The highest BCUT2D eigenvalue weighted by molar-refractivity contribution is 9.10. The molecular formula is C31H26BrN3O4S2. The highest BCUT2D eigenvalue weighted by atomic mass is 79.9. The van der Waals surface area contributed by atoms with Gasteiger partial charge in [-0.15, -0.1) is 11.3 Å². The van der Waals surface area contributed by atoms with Gasteiger partial charge in [0.15, 0.2) is 4.80 Å². The summed E-state index contributed by atoms with van der Waals surface area (Å²) in [7, 11) is 0. The Balaban J connectivity index is 1.52. The molecule has 2 aromatic heterocycles. The fraction of sp³-hybridized carbons (Fsp3) is 0.226. The van der Waals surface area contributed by atoms with Crippen molar-refractivity contribution in [2.45, 2.75) is 39.3 Å². The fourth-order valence-corrected chi connectivity index (χ4v) is 6.98. The summed E-state index contributed by atoms with van der Waals surface area (Å²) in [6.07, 6.45) is 3.23. The molecule has 1 aliphatic rings. The van der Waals surface area contributed by atoms with Gasteiger partial charge in [-0.2, -0.15) is 5.26 Å². The van der Waals surface area contributed by atoms with E-state index >= 15 is 0 Å². The second kappa shape index (κ2) is 12.8. The molecule has 0 unspecified atom stereocenters. The number of rotatable bonds is 9. The van der Waals surface area contributed by atoms with Crippen LogP contribution in [0.25, 0.3) is 6.08 Å². The van der Waals surface area contributed by atoms with E-state index in [1.807, 2.05) is 66.9 Å². The minimum atomic E-state index is -0.590. The molecule has 0 aliphatic carbocycles. The zero-order valence-corrected chi connectivity index (χ0v) is 25.6. The molecule has 2 aromatic carbocycles. The van der Waals surface area contributed by atoms with Gasteiger partial charge in [-0.25, -0.2) is 9.79 Å². The number of ether oxygens (including phenoxy) is 2. The van der Waals surface area contributed by atoms with Crippen molar-refractivity contribution in [2.75, 3.05) is 6.61 Å². The minimum absolute atomic E-state index is 0.214. The molecule has 7 nitrogen and oxygen atoms in total. The highest BCUT2D eigenvalue weighted by Gasteiger charge is 2.34. The number of hydrogen-bond donors (Lipinski definition) is 0. The molecule has 0 saturated carbocycles. The SMILES string of the molecule is CCCC1=C(C(=O)OCC)[C@@H](c2cccs2)n2c(s/c(=C/c3ccc(OCc4ccccc4C#N)c(Br)c3)c2=O)=N1. The molecule has 0 saturated heterocycles. The molecule has 0 fully saturated rings. The molecular weight excluding hydrogens is 622 g/mol. The Bertz CT molecular complexity index is 1850. The molecule has 10 heteroatoms. The normalized spacial score (nSPS) is 14.8. The topological polar surface area (TPSA) is 93.7 Å². The van der Waals surface area contributed by atoms with Gasteiger partial charge >= 0.3 is 5.97 Å². The van der Waals surface area contributed by atoms with Crippen LogP contribution in [0.15, 0.2) is 85.5 Å². The summed E-state index contributed by atoms with van der Waals surface area (Å²) < 4.78 is 14.2. The van der Waals surface area contributed by atoms with Crippen molar-refractivity contribution in [3.05, 3.63) is 117 Å². The van der Waals surface area contributed by atoms with Crippen LogP contribution in [0.5, 0.6) is 5.75 Å². The molecule has 5 rings (SSSR count). The van der Waals surface area contributed by atoms with Crippen LogP contribution in [0.1, 0.15) is 54.3 Å². The number of nitrogens with zero attached hydrogens (tertiary/aromatic N) is 3. The molecule has 41 heavy (non-hydrogen) atoms. The number of hydrogen-bond acceptors (Lipinski definition) is 8. The van der Waals surface area contributed by atoms with Crippen molar-refractivity contribution in [3.63, 3.8) is 0 Å². The molecule has 1 aliphatic heterocycles. The maximum absolute atomic E-state index is 13.8. The molecule has 4 aromatic rings. The van der Waals surface area contributed by atoms with Crippen molar-refractivity contribution in [1.82, 2.24) is 4.57 Å². The number of nitriles is 1. The Labute approximate surface area is 253 Å². The summed E-state index contributed by atoms with van der Waals surface area (Å²) in [5, 5.41) is 11.3. The lowest BCUT2D eigenvalue weighted by Crippen LogP contribution is -2.39. The Morgan fingerprint density at radius 2 is 2.02 bits per heavy atom. The molecule has 0 spiro atoms. The molecule has 208 valence electrons. The number of fused-ring (bicyclic) bond motifs is 1. The Kier molecular flexibility index (Phi) is 8.98. The summed E-state index contributed by atoms with van der Waals surface area (Å²) in [6.45, 7) is 4.30. The van der Waals surface area contributed by atoms with E-state index in [1.54, 1.807) is 17.6 Å². The summed E-state index contributed by atoms with van der Waals surface area (Å²) in [4.78, 5) is 33.2. The van der Waals surface area contributed by atoms with Crippen LogP contribution in [0.2, 0.25) is 0 Å². The second-order valence-electron chi connectivity index (χ2n) is 9.18. The quantitative estimate of drug-likeness (QED) is 0.212. The monoisotopic (exact) mass is 647 g/mol. The second-order valence-corrected chi connectivity index (χ2v) is 12.0. The number of carbonyl (C=O) groups is 1. The van der Waals surface area contributed by atoms with Gasteiger partial charge in [0.1, 0.15) is 18.4 Å². The molecule has 0 amide bonds. The van der Waals surface area contributed by atoms with Gasteiger partial charge in [0.2, 0.25) is 0 Å². The van der Waals surface area contributed by atoms with E-state index in [4.69, 9.17) is 14.5 Å². The van der Waals surface area contributed by atoms with Crippen LogP contribution in [0, 0.1) is 11.3 Å². The van der Waals surface area contributed by atoms with Crippen molar-refractivity contribution >= 4 is 50.6 Å². The third-order valence-corrected chi connectivity index (χ3v) is 9.01.